The van der Waals surface area contributed by atoms with E-state index >= 15 is 0 Å². The minimum Gasteiger partial charge on any atom is -0.462 e. The maximum atomic E-state index is 12.7. The van der Waals surface area contributed by atoms with Crippen LogP contribution in [0.3, 0.4) is 0 Å². The standard InChI is InChI=1S/C44H80NO9P/c1-6-8-10-11-12-13-14-15-20-23-26-29-32-36-44(48)54-42(40-53-55(49,50)52-38-37-45(3,4)5)39-51-43(47)35-31-28-25-22-19-17-16-18-21-24-27-30-34-41(46)33-9-7-2/h16-17,21-22,24-25,30,34,41-42,46H,6-15,18-20,23,26-29,31-33,35-40H2,1-5H3/p+1/b17-16-,24-21-,25-22-,34-30-/t41-,42+/m0/s1. The van der Waals surface area contributed by atoms with Crippen LogP contribution >= 0.6 is 7.82 Å². The first-order valence-corrected chi connectivity index (χ1v) is 22.9. The van der Waals surface area contributed by atoms with Crippen molar-refractivity contribution in [3.8, 4) is 0 Å². The van der Waals surface area contributed by atoms with Crippen LogP contribution in [0.25, 0.3) is 0 Å². The zero-order valence-corrected chi connectivity index (χ0v) is 36.4. The van der Waals surface area contributed by atoms with Gasteiger partial charge in [-0.3, -0.25) is 18.6 Å². The average molecular weight is 799 g/mol. The zero-order chi connectivity index (χ0) is 40.9. The van der Waals surface area contributed by atoms with Gasteiger partial charge in [-0.2, -0.15) is 0 Å². The number of phosphoric acid groups is 1. The topological polar surface area (TPSA) is 129 Å². The number of hydrogen-bond donors (Lipinski definition) is 2. The van der Waals surface area contributed by atoms with Crippen molar-refractivity contribution in [3.05, 3.63) is 48.6 Å². The fraction of sp³-hybridized carbons (Fsp3) is 0.773. The van der Waals surface area contributed by atoms with Gasteiger partial charge in [-0.05, 0) is 44.9 Å². The van der Waals surface area contributed by atoms with Crippen LogP contribution in [0.5, 0.6) is 0 Å². The van der Waals surface area contributed by atoms with E-state index in [9.17, 15) is 24.2 Å². The van der Waals surface area contributed by atoms with Crippen LogP contribution in [-0.2, 0) is 32.7 Å². The summed E-state index contributed by atoms with van der Waals surface area (Å²) < 4.78 is 34.2. The number of carbonyl (C=O) groups excluding carboxylic acids is 2. The Kier molecular flexibility index (Phi) is 34.9. The second-order valence-electron chi connectivity index (χ2n) is 15.6. The quantitative estimate of drug-likeness (QED) is 0.0206. The molecular formula is C44H81NO9P+. The Bertz CT molecular complexity index is 1100. The maximum absolute atomic E-state index is 12.7. The summed E-state index contributed by atoms with van der Waals surface area (Å²) >= 11 is 0. The number of phosphoric ester groups is 1. The lowest BCUT2D eigenvalue weighted by Crippen LogP contribution is -2.37. The maximum Gasteiger partial charge on any atom is 0.472 e. The third-order valence-corrected chi connectivity index (χ3v) is 9.92. The lowest BCUT2D eigenvalue weighted by molar-refractivity contribution is -0.870. The van der Waals surface area contributed by atoms with Crippen molar-refractivity contribution in [1.82, 2.24) is 0 Å². The second-order valence-corrected chi connectivity index (χ2v) is 17.0. The number of ether oxygens (including phenoxy) is 2. The molecule has 10 nitrogen and oxygen atoms in total. The molecule has 0 radical (unpaired) electrons. The summed E-state index contributed by atoms with van der Waals surface area (Å²) in [6, 6.07) is 0. The molecular weight excluding hydrogens is 717 g/mol. The van der Waals surface area contributed by atoms with Crippen LogP contribution < -0.4 is 0 Å². The molecule has 0 aliphatic carbocycles. The molecule has 320 valence electrons. The highest BCUT2D eigenvalue weighted by molar-refractivity contribution is 7.47. The van der Waals surface area contributed by atoms with Crippen LogP contribution in [0.2, 0.25) is 0 Å². The molecule has 1 unspecified atom stereocenters. The number of esters is 2. The van der Waals surface area contributed by atoms with Crippen molar-refractivity contribution in [2.45, 2.75) is 174 Å². The SMILES string of the molecule is CCCCCCCCCCCCCCCC(=O)O[C@H](COC(=O)CCC/C=C\C/C=C\C/C=C\C/C=C\[C@@H](O)CCCC)COP(=O)(O)OCC[N+](C)(C)C. The molecule has 0 aliphatic heterocycles. The smallest absolute Gasteiger partial charge is 0.462 e. The fourth-order valence-corrected chi connectivity index (χ4v) is 6.24. The van der Waals surface area contributed by atoms with Crippen molar-refractivity contribution in [1.29, 1.82) is 0 Å². The van der Waals surface area contributed by atoms with Gasteiger partial charge in [0.05, 0.1) is 33.9 Å². The molecule has 0 saturated heterocycles. The van der Waals surface area contributed by atoms with Crippen LogP contribution in [0.1, 0.15) is 162 Å². The number of hydrogen-bond acceptors (Lipinski definition) is 8. The van der Waals surface area contributed by atoms with Gasteiger partial charge in [0.15, 0.2) is 6.10 Å². The lowest BCUT2D eigenvalue weighted by atomic mass is 10.0. The van der Waals surface area contributed by atoms with Crippen molar-refractivity contribution >= 4 is 19.8 Å². The van der Waals surface area contributed by atoms with Crippen molar-refractivity contribution in [2.24, 2.45) is 0 Å². The van der Waals surface area contributed by atoms with E-state index in [0.29, 0.717) is 23.9 Å². The molecule has 0 heterocycles. The third-order valence-electron chi connectivity index (χ3n) is 8.93. The monoisotopic (exact) mass is 799 g/mol. The molecule has 11 heteroatoms. The van der Waals surface area contributed by atoms with Gasteiger partial charge < -0.3 is 24.0 Å². The van der Waals surface area contributed by atoms with E-state index in [0.717, 1.165) is 64.2 Å². The molecule has 0 rings (SSSR count). The van der Waals surface area contributed by atoms with Gasteiger partial charge in [-0.25, -0.2) is 4.57 Å². The van der Waals surface area contributed by atoms with Gasteiger partial charge in [-0.15, -0.1) is 0 Å². The Morgan fingerprint density at radius 3 is 1.71 bits per heavy atom. The summed E-state index contributed by atoms with van der Waals surface area (Å²) in [7, 11) is 1.42. The molecule has 0 amide bonds. The summed E-state index contributed by atoms with van der Waals surface area (Å²) in [6.45, 7) is 4.18. The van der Waals surface area contributed by atoms with Gasteiger partial charge in [0, 0.05) is 12.8 Å². The predicted molar refractivity (Wildman–Crippen MR) is 226 cm³/mol. The molecule has 3 atom stereocenters. The highest BCUT2D eigenvalue weighted by atomic mass is 31.2. The largest absolute Gasteiger partial charge is 0.472 e. The molecule has 55 heavy (non-hydrogen) atoms. The minimum atomic E-state index is -4.39. The first-order valence-electron chi connectivity index (χ1n) is 21.5. The summed E-state index contributed by atoms with van der Waals surface area (Å²) in [5.74, 6) is -0.887. The van der Waals surface area contributed by atoms with E-state index in [2.05, 4.69) is 44.2 Å². The molecule has 0 saturated carbocycles. The normalized spacial score (nSPS) is 14.7. The third kappa shape index (κ3) is 39.9. The first kappa shape index (κ1) is 52.9. The summed E-state index contributed by atoms with van der Waals surface area (Å²) in [5, 5.41) is 9.81. The highest BCUT2D eigenvalue weighted by Crippen LogP contribution is 2.43. The molecule has 0 aromatic heterocycles. The van der Waals surface area contributed by atoms with E-state index in [-0.39, 0.29) is 32.2 Å². The van der Waals surface area contributed by atoms with Crippen molar-refractivity contribution in [2.75, 3.05) is 47.5 Å². The van der Waals surface area contributed by atoms with Gasteiger partial charge in [-0.1, -0.05) is 152 Å². The number of aliphatic hydroxyl groups is 1. The summed E-state index contributed by atoms with van der Waals surface area (Å²) in [6.07, 6.45) is 37.8. The number of carbonyl (C=O) groups is 2. The minimum absolute atomic E-state index is 0.0161. The zero-order valence-electron chi connectivity index (χ0n) is 35.5. The Balaban J connectivity index is 4.49. The lowest BCUT2D eigenvalue weighted by Gasteiger charge is -2.24. The van der Waals surface area contributed by atoms with Crippen LogP contribution in [0.15, 0.2) is 48.6 Å². The van der Waals surface area contributed by atoms with E-state index in [1.165, 1.54) is 57.8 Å². The number of rotatable bonds is 38. The molecule has 0 aliphatic rings. The number of aliphatic hydroxyl groups excluding tert-OH is 1. The summed E-state index contributed by atoms with van der Waals surface area (Å²) in [5.41, 5.74) is 0. The number of unbranched alkanes of at least 4 members (excludes halogenated alkanes) is 14. The van der Waals surface area contributed by atoms with Crippen LogP contribution in [0, 0.1) is 0 Å². The Labute approximate surface area is 336 Å². The Morgan fingerprint density at radius 1 is 0.636 bits per heavy atom. The van der Waals surface area contributed by atoms with Crippen molar-refractivity contribution in [3.63, 3.8) is 0 Å². The molecule has 0 aromatic rings. The molecule has 0 aromatic carbocycles. The van der Waals surface area contributed by atoms with Gasteiger partial charge in [0.1, 0.15) is 19.8 Å². The fourth-order valence-electron chi connectivity index (χ4n) is 5.49. The van der Waals surface area contributed by atoms with Crippen LogP contribution in [-0.4, -0.2) is 86.1 Å². The van der Waals surface area contributed by atoms with Gasteiger partial charge in [0.2, 0.25) is 0 Å². The predicted octanol–water partition coefficient (Wildman–Crippen LogP) is 10.9. The molecule has 2 N–H and O–H groups in total. The van der Waals surface area contributed by atoms with Gasteiger partial charge >= 0.3 is 19.8 Å². The Morgan fingerprint density at radius 2 is 1.15 bits per heavy atom. The number of likely N-dealkylation sites (N-methyl/N-ethyl adjacent to an activating group) is 1. The number of nitrogens with zero attached hydrogens (tertiary/aromatic N) is 1. The molecule has 0 bridgehead atoms. The average Bonchev–Trinajstić information content (AvgIpc) is 3.13. The highest BCUT2D eigenvalue weighted by Gasteiger charge is 2.27. The number of quaternary nitrogens is 1. The van der Waals surface area contributed by atoms with E-state index in [4.69, 9.17) is 18.5 Å². The van der Waals surface area contributed by atoms with E-state index in [1.807, 2.05) is 39.4 Å². The number of allylic oxidation sites excluding steroid dienone is 7. The second kappa shape index (κ2) is 36.3. The summed E-state index contributed by atoms with van der Waals surface area (Å²) in [4.78, 5) is 35.3. The van der Waals surface area contributed by atoms with E-state index < -0.39 is 32.5 Å². The van der Waals surface area contributed by atoms with Crippen LogP contribution in [0.4, 0.5) is 0 Å². The Hall–Kier alpha value is -2.07. The molecule has 0 spiro atoms. The van der Waals surface area contributed by atoms with Crippen molar-refractivity contribution < 1.29 is 47.2 Å². The first-order chi connectivity index (χ1) is 26.4. The van der Waals surface area contributed by atoms with E-state index in [1.54, 1.807) is 0 Å². The molecule has 0 fully saturated rings. The van der Waals surface area contributed by atoms with Gasteiger partial charge in [0.25, 0.3) is 0 Å².